The molecule has 1 aliphatic heterocycles. The van der Waals surface area contributed by atoms with Crippen LogP contribution in [0.2, 0.25) is 0 Å². The van der Waals surface area contributed by atoms with E-state index in [9.17, 15) is 14.4 Å². The zero-order valence-corrected chi connectivity index (χ0v) is 10.8. The van der Waals surface area contributed by atoms with Crippen LogP contribution in [-0.2, 0) is 9.59 Å². The third-order valence-electron chi connectivity index (χ3n) is 3.21. The Morgan fingerprint density at radius 3 is 2.67 bits per heavy atom. The molecule has 0 spiro atoms. The van der Waals surface area contributed by atoms with Gasteiger partial charge in [0.2, 0.25) is 5.91 Å². The van der Waals surface area contributed by atoms with Crippen LogP contribution >= 0.6 is 0 Å². The molecule has 2 unspecified atom stereocenters. The Morgan fingerprint density at radius 2 is 2.17 bits per heavy atom. The van der Waals surface area contributed by atoms with E-state index in [1.807, 2.05) is 0 Å². The Kier molecular flexibility index (Phi) is 4.52. The van der Waals surface area contributed by atoms with Crippen molar-refractivity contribution in [1.29, 1.82) is 0 Å². The largest absolute Gasteiger partial charge is 0.480 e. The van der Waals surface area contributed by atoms with Crippen molar-refractivity contribution in [1.82, 2.24) is 15.1 Å². The van der Waals surface area contributed by atoms with Crippen molar-refractivity contribution >= 4 is 17.9 Å². The molecule has 1 fully saturated rings. The number of urea groups is 1. The Labute approximate surface area is 106 Å². The number of carboxylic acid groups (broad SMARTS) is 1. The molecule has 7 heteroatoms. The van der Waals surface area contributed by atoms with Crippen LogP contribution in [0.3, 0.4) is 0 Å². The van der Waals surface area contributed by atoms with E-state index in [0.717, 1.165) is 4.90 Å². The summed E-state index contributed by atoms with van der Waals surface area (Å²) in [7, 11) is 3.12. The smallest absolute Gasteiger partial charge is 0.326 e. The van der Waals surface area contributed by atoms with Gasteiger partial charge in [-0.25, -0.2) is 9.59 Å². The molecule has 0 radical (unpaired) electrons. The van der Waals surface area contributed by atoms with Crippen LogP contribution in [0, 0.1) is 0 Å². The monoisotopic (exact) mass is 257 g/mol. The van der Waals surface area contributed by atoms with Gasteiger partial charge in [-0.2, -0.15) is 0 Å². The second-order valence-corrected chi connectivity index (χ2v) is 4.58. The van der Waals surface area contributed by atoms with E-state index in [-0.39, 0.29) is 11.9 Å². The van der Waals surface area contributed by atoms with Crippen LogP contribution < -0.4 is 5.32 Å². The SMILES string of the molecule is CC(C(=O)O)N(C)C(=O)NC1CCC(=O)N(C)C1. The summed E-state index contributed by atoms with van der Waals surface area (Å²) >= 11 is 0. The van der Waals surface area contributed by atoms with Crippen molar-refractivity contribution in [2.45, 2.75) is 31.8 Å². The molecule has 1 saturated heterocycles. The fourth-order valence-electron chi connectivity index (χ4n) is 1.75. The summed E-state index contributed by atoms with van der Waals surface area (Å²) < 4.78 is 0. The molecule has 1 heterocycles. The van der Waals surface area contributed by atoms with Gasteiger partial charge in [-0.05, 0) is 13.3 Å². The summed E-state index contributed by atoms with van der Waals surface area (Å²) in [4.78, 5) is 36.5. The highest BCUT2D eigenvalue weighted by Crippen LogP contribution is 2.10. The molecule has 7 nitrogen and oxygen atoms in total. The van der Waals surface area contributed by atoms with Crippen molar-refractivity contribution in [3.05, 3.63) is 0 Å². The van der Waals surface area contributed by atoms with Gasteiger partial charge in [0.1, 0.15) is 6.04 Å². The lowest BCUT2D eigenvalue weighted by Gasteiger charge is -2.32. The summed E-state index contributed by atoms with van der Waals surface area (Å²) in [5, 5.41) is 11.5. The molecule has 1 rings (SSSR count). The fraction of sp³-hybridized carbons (Fsp3) is 0.727. The number of aliphatic carboxylic acids is 1. The van der Waals surface area contributed by atoms with Crippen LogP contribution in [0.15, 0.2) is 0 Å². The molecule has 2 atom stereocenters. The third kappa shape index (κ3) is 3.35. The van der Waals surface area contributed by atoms with Crippen molar-refractivity contribution in [3.63, 3.8) is 0 Å². The maximum absolute atomic E-state index is 11.8. The number of nitrogens with zero attached hydrogens (tertiary/aromatic N) is 2. The number of carbonyl (C=O) groups is 3. The molecule has 102 valence electrons. The van der Waals surface area contributed by atoms with Crippen LogP contribution in [0.1, 0.15) is 19.8 Å². The summed E-state index contributed by atoms with van der Waals surface area (Å²) in [6.07, 6.45) is 0.990. The first kappa shape index (κ1) is 14.3. The molecular weight excluding hydrogens is 238 g/mol. The number of likely N-dealkylation sites (N-methyl/N-ethyl adjacent to an activating group) is 2. The Hall–Kier alpha value is -1.79. The molecule has 0 saturated carbocycles. The molecule has 0 aromatic carbocycles. The molecule has 1 aliphatic rings. The average molecular weight is 257 g/mol. The minimum Gasteiger partial charge on any atom is -0.480 e. The van der Waals surface area contributed by atoms with Gasteiger partial charge in [0, 0.05) is 33.1 Å². The van der Waals surface area contributed by atoms with E-state index < -0.39 is 18.0 Å². The lowest BCUT2D eigenvalue weighted by atomic mass is 10.1. The molecule has 3 amide bonds. The van der Waals surface area contributed by atoms with E-state index in [0.29, 0.717) is 19.4 Å². The zero-order chi connectivity index (χ0) is 13.9. The molecule has 18 heavy (non-hydrogen) atoms. The standard InChI is InChI=1S/C11H19N3O4/c1-7(10(16)17)14(3)11(18)12-8-4-5-9(15)13(2)6-8/h7-8H,4-6H2,1-3H3,(H,12,18)(H,16,17). The maximum atomic E-state index is 11.8. The van der Waals surface area contributed by atoms with Crippen molar-refractivity contribution in [2.24, 2.45) is 0 Å². The highest BCUT2D eigenvalue weighted by atomic mass is 16.4. The van der Waals surface area contributed by atoms with Crippen LogP contribution in [0.4, 0.5) is 4.79 Å². The first-order valence-electron chi connectivity index (χ1n) is 5.83. The van der Waals surface area contributed by atoms with E-state index in [2.05, 4.69) is 5.32 Å². The number of hydrogen-bond donors (Lipinski definition) is 2. The average Bonchev–Trinajstić information content (AvgIpc) is 2.31. The van der Waals surface area contributed by atoms with Gasteiger partial charge in [-0.15, -0.1) is 0 Å². The summed E-state index contributed by atoms with van der Waals surface area (Å²) in [6.45, 7) is 1.90. The predicted octanol–water partition coefficient (Wildman–Crippen LogP) is -0.278. The number of hydrogen-bond acceptors (Lipinski definition) is 3. The zero-order valence-electron chi connectivity index (χ0n) is 10.8. The first-order valence-corrected chi connectivity index (χ1v) is 5.83. The first-order chi connectivity index (χ1) is 8.32. The van der Waals surface area contributed by atoms with Gasteiger partial charge >= 0.3 is 12.0 Å². The van der Waals surface area contributed by atoms with Crippen molar-refractivity contribution in [3.8, 4) is 0 Å². The van der Waals surface area contributed by atoms with E-state index >= 15 is 0 Å². The van der Waals surface area contributed by atoms with E-state index in [4.69, 9.17) is 5.11 Å². The lowest BCUT2D eigenvalue weighted by molar-refractivity contribution is -0.141. The highest BCUT2D eigenvalue weighted by molar-refractivity contribution is 5.82. The number of piperidine rings is 1. The van der Waals surface area contributed by atoms with E-state index in [1.165, 1.54) is 14.0 Å². The van der Waals surface area contributed by atoms with Crippen molar-refractivity contribution in [2.75, 3.05) is 20.6 Å². The number of rotatable bonds is 3. The van der Waals surface area contributed by atoms with Crippen LogP contribution in [0.5, 0.6) is 0 Å². The van der Waals surface area contributed by atoms with Gasteiger partial charge in [-0.1, -0.05) is 0 Å². The third-order valence-corrected chi connectivity index (χ3v) is 3.21. The Bertz CT molecular complexity index is 358. The highest BCUT2D eigenvalue weighted by Gasteiger charge is 2.27. The second-order valence-electron chi connectivity index (χ2n) is 4.58. The normalized spacial score (nSPS) is 21.4. The van der Waals surface area contributed by atoms with Gasteiger partial charge < -0.3 is 20.2 Å². The van der Waals surface area contributed by atoms with Crippen molar-refractivity contribution < 1.29 is 19.5 Å². The molecule has 0 aliphatic carbocycles. The quantitative estimate of drug-likeness (QED) is 0.727. The van der Waals surface area contributed by atoms with Gasteiger partial charge in [0.05, 0.1) is 0 Å². The molecule has 2 N–H and O–H groups in total. The van der Waals surface area contributed by atoms with Crippen LogP contribution in [0.25, 0.3) is 0 Å². The summed E-state index contributed by atoms with van der Waals surface area (Å²) in [5.41, 5.74) is 0. The predicted molar refractivity (Wildman–Crippen MR) is 64.1 cm³/mol. The number of carboxylic acids is 1. The molecule has 0 bridgehead atoms. The van der Waals surface area contributed by atoms with Gasteiger partial charge in [-0.3, -0.25) is 4.79 Å². The molecule has 0 aromatic rings. The Morgan fingerprint density at radius 1 is 1.56 bits per heavy atom. The van der Waals surface area contributed by atoms with Gasteiger partial charge in [0.25, 0.3) is 0 Å². The summed E-state index contributed by atoms with van der Waals surface area (Å²) in [5.74, 6) is -0.989. The second kappa shape index (κ2) is 5.70. The number of nitrogens with one attached hydrogen (secondary N) is 1. The Balaban J connectivity index is 2.50. The number of amides is 3. The topological polar surface area (TPSA) is 90.0 Å². The number of likely N-dealkylation sites (tertiary alicyclic amines) is 1. The summed E-state index contributed by atoms with van der Waals surface area (Å²) in [6, 6.07) is -1.44. The minimum absolute atomic E-state index is 0.0627. The minimum atomic E-state index is -1.05. The number of carbonyl (C=O) groups excluding carboxylic acids is 2. The van der Waals surface area contributed by atoms with Gasteiger partial charge in [0.15, 0.2) is 0 Å². The maximum Gasteiger partial charge on any atom is 0.326 e. The van der Waals surface area contributed by atoms with E-state index in [1.54, 1.807) is 11.9 Å². The fourth-order valence-corrected chi connectivity index (χ4v) is 1.75. The van der Waals surface area contributed by atoms with Crippen LogP contribution in [-0.4, -0.2) is 65.5 Å². The molecular formula is C11H19N3O4. The molecule has 0 aromatic heterocycles. The lowest BCUT2D eigenvalue weighted by Crippen LogP contribution is -2.53.